The molecule has 30 heavy (non-hydrogen) atoms. The highest BCUT2D eigenvalue weighted by Crippen LogP contribution is 2.28. The fraction of sp³-hybridized carbons (Fsp3) is 0.435. The smallest absolute Gasteiger partial charge is 0.404 e. The number of amides is 1. The fourth-order valence-corrected chi connectivity index (χ4v) is 3.61. The Labute approximate surface area is 178 Å². The van der Waals surface area contributed by atoms with Crippen molar-refractivity contribution < 1.29 is 19.0 Å². The normalized spacial score (nSPS) is 14.4. The molecule has 0 radical (unpaired) electrons. The Bertz CT molecular complexity index is 807. The summed E-state index contributed by atoms with van der Waals surface area (Å²) in [7, 11) is 1.72. The van der Waals surface area contributed by atoms with Gasteiger partial charge in [-0.05, 0) is 49.2 Å². The number of piperazine rings is 1. The van der Waals surface area contributed by atoms with Gasteiger partial charge in [0.25, 0.3) is 0 Å². The van der Waals surface area contributed by atoms with Gasteiger partial charge in [-0.1, -0.05) is 24.3 Å². The van der Waals surface area contributed by atoms with Gasteiger partial charge in [-0.15, -0.1) is 0 Å². The van der Waals surface area contributed by atoms with Crippen LogP contribution in [-0.4, -0.2) is 57.4 Å². The molecule has 2 aromatic carbocycles. The van der Waals surface area contributed by atoms with Crippen LogP contribution in [0.4, 0.5) is 10.5 Å². The van der Waals surface area contributed by atoms with Gasteiger partial charge in [0.2, 0.25) is 0 Å². The summed E-state index contributed by atoms with van der Waals surface area (Å²) >= 11 is 0. The fourth-order valence-electron chi connectivity index (χ4n) is 3.61. The highest BCUT2D eigenvalue weighted by molar-refractivity contribution is 5.64. The molecular formula is C23H31N3O4. The molecule has 1 amide bonds. The monoisotopic (exact) mass is 413 g/mol. The summed E-state index contributed by atoms with van der Waals surface area (Å²) in [5.74, 6) is 1.72. The van der Waals surface area contributed by atoms with E-state index in [4.69, 9.17) is 19.9 Å². The van der Waals surface area contributed by atoms with Gasteiger partial charge in [-0.3, -0.25) is 4.90 Å². The number of unbranched alkanes of at least 4 members (excludes halogenated alkanes) is 1. The van der Waals surface area contributed by atoms with Crippen molar-refractivity contribution in [3.05, 3.63) is 54.1 Å². The third kappa shape index (κ3) is 6.56. The predicted molar refractivity (Wildman–Crippen MR) is 117 cm³/mol. The molecule has 0 unspecified atom stereocenters. The van der Waals surface area contributed by atoms with Crippen molar-refractivity contribution in [3.63, 3.8) is 0 Å². The number of anilines is 1. The maximum Gasteiger partial charge on any atom is 0.404 e. The summed E-state index contributed by atoms with van der Waals surface area (Å²) in [6, 6.07) is 15.8. The number of benzene rings is 2. The number of para-hydroxylation sites is 2. The molecule has 7 heteroatoms. The standard InChI is InChI=1S/C23H31N3O4/c1-28-22-10-3-2-9-21(22)26-14-12-25(13-15-26)11-4-5-16-29-20-8-6-7-19(17-20)18-30-23(24)27/h2-3,6-10,17H,4-5,11-16,18H2,1H3,(H2,24,27). The van der Waals surface area contributed by atoms with Crippen molar-refractivity contribution in [3.8, 4) is 11.5 Å². The molecule has 3 rings (SSSR count). The Morgan fingerprint density at radius 3 is 2.60 bits per heavy atom. The topological polar surface area (TPSA) is 77.3 Å². The molecule has 0 bridgehead atoms. The molecule has 0 spiro atoms. The van der Waals surface area contributed by atoms with Crippen LogP contribution < -0.4 is 20.1 Å². The SMILES string of the molecule is COc1ccccc1N1CCN(CCCCOc2cccc(COC(N)=O)c2)CC1. The van der Waals surface area contributed by atoms with Crippen LogP contribution in [0.2, 0.25) is 0 Å². The van der Waals surface area contributed by atoms with Crippen LogP contribution in [0.5, 0.6) is 11.5 Å². The second kappa shape index (κ2) is 11.3. The zero-order valence-corrected chi connectivity index (χ0v) is 17.6. The van der Waals surface area contributed by atoms with E-state index < -0.39 is 6.09 Å². The number of ether oxygens (including phenoxy) is 3. The van der Waals surface area contributed by atoms with Crippen molar-refractivity contribution >= 4 is 11.8 Å². The van der Waals surface area contributed by atoms with Crippen LogP contribution in [0.3, 0.4) is 0 Å². The molecule has 162 valence electrons. The van der Waals surface area contributed by atoms with Crippen LogP contribution in [0.15, 0.2) is 48.5 Å². The molecule has 7 nitrogen and oxygen atoms in total. The summed E-state index contributed by atoms with van der Waals surface area (Å²) in [4.78, 5) is 15.6. The zero-order valence-electron chi connectivity index (χ0n) is 17.6. The van der Waals surface area contributed by atoms with E-state index in [-0.39, 0.29) is 6.61 Å². The zero-order chi connectivity index (χ0) is 21.2. The van der Waals surface area contributed by atoms with E-state index in [2.05, 4.69) is 21.9 Å². The number of nitrogens with two attached hydrogens (primary N) is 1. The second-order valence-electron chi connectivity index (χ2n) is 7.31. The van der Waals surface area contributed by atoms with E-state index >= 15 is 0 Å². The van der Waals surface area contributed by atoms with Crippen molar-refractivity contribution in [2.75, 3.05) is 51.3 Å². The molecule has 0 saturated carbocycles. The van der Waals surface area contributed by atoms with Crippen LogP contribution in [0, 0.1) is 0 Å². The van der Waals surface area contributed by atoms with Gasteiger partial charge in [-0.2, -0.15) is 0 Å². The predicted octanol–water partition coefficient (Wildman–Crippen LogP) is 3.27. The number of rotatable bonds is 10. The van der Waals surface area contributed by atoms with E-state index in [0.717, 1.165) is 62.6 Å². The highest BCUT2D eigenvalue weighted by atomic mass is 16.5. The molecule has 1 heterocycles. The molecule has 1 aliphatic rings. The summed E-state index contributed by atoms with van der Waals surface area (Å²) in [6.45, 7) is 6.04. The van der Waals surface area contributed by atoms with Gasteiger partial charge >= 0.3 is 6.09 Å². The molecule has 0 aliphatic carbocycles. The third-order valence-electron chi connectivity index (χ3n) is 5.22. The summed E-state index contributed by atoms with van der Waals surface area (Å²) < 4.78 is 16.1. The average molecular weight is 414 g/mol. The Kier molecular flexibility index (Phi) is 8.20. The first-order valence-electron chi connectivity index (χ1n) is 10.4. The number of carbonyl (C=O) groups excluding carboxylic acids is 1. The van der Waals surface area contributed by atoms with Crippen molar-refractivity contribution in [2.24, 2.45) is 5.73 Å². The Morgan fingerprint density at radius 1 is 1.03 bits per heavy atom. The van der Waals surface area contributed by atoms with Crippen LogP contribution in [-0.2, 0) is 11.3 Å². The Hall–Kier alpha value is -2.93. The lowest BCUT2D eigenvalue weighted by Crippen LogP contribution is -2.46. The second-order valence-corrected chi connectivity index (χ2v) is 7.31. The Morgan fingerprint density at radius 2 is 1.83 bits per heavy atom. The van der Waals surface area contributed by atoms with Crippen LogP contribution >= 0.6 is 0 Å². The maximum atomic E-state index is 10.7. The number of hydrogen-bond donors (Lipinski definition) is 1. The minimum Gasteiger partial charge on any atom is -0.495 e. The van der Waals surface area contributed by atoms with E-state index in [1.54, 1.807) is 7.11 Å². The highest BCUT2D eigenvalue weighted by Gasteiger charge is 2.19. The molecular weight excluding hydrogens is 382 g/mol. The number of primary amides is 1. The molecule has 2 N–H and O–H groups in total. The van der Waals surface area contributed by atoms with E-state index in [1.165, 1.54) is 5.69 Å². The van der Waals surface area contributed by atoms with Gasteiger partial charge in [0.1, 0.15) is 18.1 Å². The number of carbonyl (C=O) groups is 1. The maximum absolute atomic E-state index is 10.7. The first-order chi connectivity index (χ1) is 14.7. The van der Waals surface area contributed by atoms with E-state index in [9.17, 15) is 4.79 Å². The van der Waals surface area contributed by atoms with Gasteiger partial charge in [0, 0.05) is 26.2 Å². The van der Waals surface area contributed by atoms with Crippen molar-refractivity contribution in [1.82, 2.24) is 4.90 Å². The minimum atomic E-state index is -0.773. The minimum absolute atomic E-state index is 0.160. The van der Waals surface area contributed by atoms with Crippen molar-refractivity contribution in [1.29, 1.82) is 0 Å². The average Bonchev–Trinajstić information content (AvgIpc) is 2.78. The molecule has 0 aromatic heterocycles. The summed E-state index contributed by atoms with van der Waals surface area (Å²) in [5.41, 5.74) is 7.04. The lowest BCUT2D eigenvalue weighted by atomic mass is 10.2. The largest absolute Gasteiger partial charge is 0.495 e. The molecule has 0 atom stereocenters. The van der Waals surface area contributed by atoms with Gasteiger partial charge in [-0.25, -0.2) is 4.79 Å². The first-order valence-corrected chi connectivity index (χ1v) is 10.4. The van der Waals surface area contributed by atoms with Crippen molar-refractivity contribution in [2.45, 2.75) is 19.4 Å². The van der Waals surface area contributed by atoms with Crippen LogP contribution in [0.1, 0.15) is 18.4 Å². The lowest BCUT2D eigenvalue weighted by Gasteiger charge is -2.36. The van der Waals surface area contributed by atoms with E-state index in [1.807, 2.05) is 36.4 Å². The number of nitrogens with zero attached hydrogens (tertiary/aromatic N) is 2. The molecule has 1 aliphatic heterocycles. The molecule has 1 fully saturated rings. The van der Waals surface area contributed by atoms with Gasteiger partial charge in [0.15, 0.2) is 0 Å². The summed E-state index contributed by atoms with van der Waals surface area (Å²) in [6.07, 6.45) is 1.32. The number of hydrogen-bond acceptors (Lipinski definition) is 6. The van der Waals surface area contributed by atoms with Crippen LogP contribution in [0.25, 0.3) is 0 Å². The van der Waals surface area contributed by atoms with Gasteiger partial charge in [0.05, 0.1) is 19.4 Å². The first kappa shape index (κ1) is 21.8. The lowest BCUT2D eigenvalue weighted by molar-refractivity contribution is 0.150. The summed E-state index contributed by atoms with van der Waals surface area (Å²) in [5, 5.41) is 0. The van der Waals surface area contributed by atoms with Gasteiger partial charge < -0.3 is 24.8 Å². The Balaban J connectivity index is 1.32. The third-order valence-corrected chi connectivity index (χ3v) is 5.22. The number of methoxy groups -OCH3 is 1. The quantitative estimate of drug-likeness (QED) is 0.603. The molecule has 2 aromatic rings. The van der Waals surface area contributed by atoms with E-state index in [0.29, 0.717) is 6.61 Å². The molecule has 1 saturated heterocycles.